The fourth-order valence-corrected chi connectivity index (χ4v) is 2.36. The van der Waals surface area contributed by atoms with Crippen molar-refractivity contribution >= 4 is 5.91 Å². The summed E-state index contributed by atoms with van der Waals surface area (Å²) in [5.74, 6) is 0.581. The third-order valence-electron chi connectivity index (χ3n) is 3.47. The summed E-state index contributed by atoms with van der Waals surface area (Å²) in [4.78, 5) is 13.5. The number of nitrogens with one attached hydrogen (secondary N) is 1. The first-order chi connectivity index (χ1) is 9.95. The molecule has 0 radical (unpaired) electrons. The second-order valence-electron chi connectivity index (χ2n) is 5.97. The Labute approximate surface area is 125 Å². The molecule has 1 fully saturated rings. The highest BCUT2D eigenvalue weighted by Gasteiger charge is 2.30. The SMILES string of the molecule is CC(C)CNCc1cc(F)cc(OC2CCN(C)C2=O)c1. The monoisotopic (exact) mass is 294 g/mol. The Morgan fingerprint density at radius 1 is 1.43 bits per heavy atom. The average Bonchev–Trinajstić information content (AvgIpc) is 2.70. The third kappa shape index (κ3) is 4.43. The number of likely N-dealkylation sites (tertiary alicyclic amines) is 1. The first-order valence-electron chi connectivity index (χ1n) is 7.37. The lowest BCUT2D eigenvalue weighted by Crippen LogP contribution is -2.29. The molecule has 5 heteroatoms. The van der Waals surface area contributed by atoms with Gasteiger partial charge in [-0.2, -0.15) is 0 Å². The number of ether oxygens (including phenoxy) is 1. The van der Waals surface area contributed by atoms with Crippen LogP contribution < -0.4 is 10.1 Å². The van der Waals surface area contributed by atoms with Gasteiger partial charge in [-0.25, -0.2) is 4.39 Å². The zero-order valence-electron chi connectivity index (χ0n) is 12.9. The molecule has 1 amide bonds. The summed E-state index contributed by atoms with van der Waals surface area (Å²) in [5, 5.41) is 3.27. The lowest BCUT2D eigenvalue weighted by Gasteiger charge is -2.14. The summed E-state index contributed by atoms with van der Waals surface area (Å²) in [7, 11) is 1.75. The van der Waals surface area contributed by atoms with Crippen molar-refractivity contribution in [2.45, 2.75) is 32.9 Å². The first-order valence-corrected chi connectivity index (χ1v) is 7.37. The minimum Gasteiger partial charge on any atom is -0.480 e. The quantitative estimate of drug-likeness (QED) is 0.874. The molecular weight excluding hydrogens is 271 g/mol. The molecule has 0 aliphatic carbocycles. The van der Waals surface area contributed by atoms with E-state index in [0.29, 0.717) is 31.2 Å². The van der Waals surface area contributed by atoms with E-state index in [1.54, 1.807) is 18.0 Å². The maximum atomic E-state index is 13.7. The van der Waals surface area contributed by atoms with Crippen LogP contribution in [0.25, 0.3) is 0 Å². The fraction of sp³-hybridized carbons (Fsp3) is 0.562. The molecule has 21 heavy (non-hydrogen) atoms. The molecule has 1 saturated heterocycles. The van der Waals surface area contributed by atoms with E-state index in [-0.39, 0.29) is 11.7 Å². The molecule has 1 aromatic rings. The zero-order chi connectivity index (χ0) is 15.4. The van der Waals surface area contributed by atoms with Crippen molar-refractivity contribution in [3.05, 3.63) is 29.6 Å². The van der Waals surface area contributed by atoms with Crippen molar-refractivity contribution in [2.24, 2.45) is 5.92 Å². The highest BCUT2D eigenvalue weighted by molar-refractivity contribution is 5.83. The highest BCUT2D eigenvalue weighted by Crippen LogP contribution is 2.21. The molecule has 4 nitrogen and oxygen atoms in total. The number of rotatable bonds is 6. The zero-order valence-corrected chi connectivity index (χ0v) is 12.9. The van der Waals surface area contributed by atoms with Gasteiger partial charge in [0.2, 0.25) is 0 Å². The summed E-state index contributed by atoms with van der Waals surface area (Å²) in [6.45, 7) is 6.38. The van der Waals surface area contributed by atoms with Crippen LogP contribution in [0.15, 0.2) is 18.2 Å². The largest absolute Gasteiger partial charge is 0.480 e. The number of benzene rings is 1. The van der Waals surface area contributed by atoms with Gasteiger partial charge in [0.25, 0.3) is 5.91 Å². The van der Waals surface area contributed by atoms with E-state index >= 15 is 0 Å². The van der Waals surface area contributed by atoms with Crippen molar-refractivity contribution in [3.63, 3.8) is 0 Å². The van der Waals surface area contributed by atoms with Crippen molar-refractivity contribution in [1.29, 1.82) is 0 Å². The molecule has 1 N–H and O–H groups in total. The standard InChI is InChI=1S/C16H23FN2O2/c1-11(2)9-18-10-12-6-13(17)8-14(7-12)21-15-4-5-19(3)16(15)20/h6-8,11,15,18H,4-5,9-10H2,1-3H3. The van der Waals surface area contributed by atoms with Crippen molar-refractivity contribution in [2.75, 3.05) is 20.1 Å². The van der Waals surface area contributed by atoms with Gasteiger partial charge in [0.05, 0.1) is 0 Å². The van der Waals surface area contributed by atoms with Gasteiger partial charge in [0.15, 0.2) is 6.10 Å². The lowest BCUT2D eigenvalue weighted by atomic mass is 10.2. The summed E-state index contributed by atoms with van der Waals surface area (Å²) in [6, 6.07) is 4.61. The van der Waals surface area contributed by atoms with Gasteiger partial charge < -0.3 is 15.0 Å². The molecule has 0 spiro atoms. The van der Waals surface area contributed by atoms with Crippen LogP contribution in [0.3, 0.4) is 0 Å². The molecule has 2 rings (SSSR count). The summed E-state index contributed by atoms with van der Waals surface area (Å²) in [5.41, 5.74) is 0.824. The van der Waals surface area contributed by atoms with Gasteiger partial charge >= 0.3 is 0 Å². The average molecular weight is 294 g/mol. The van der Waals surface area contributed by atoms with Crippen molar-refractivity contribution in [1.82, 2.24) is 10.2 Å². The van der Waals surface area contributed by atoms with Crippen LogP contribution >= 0.6 is 0 Å². The summed E-state index contributed by atoms with van der Waals surface area (Å²) >= 11 is 0. The van der Waals surface area contributed by atoms with Crippen LogP contribution in [0.5, 0.6) is 5.75 Å². The molecule has 0 saturated carbocycles. The minimum atomic E-state index is -0.492. The molecule has 1 heterocycles. The van der Waals surface area contributed by atoms with Crippen LogP contribution in [-0.2, 0) is 11.3 Å². The number of hydrogen-bond acceptors (Lipinski definition) is 3. The van der Waals surface area contributed by atoms with E-state index in [1.807, 2.05) is 0 Å². The Morgan fingerprint density at radius 3 is 2.81 bits per heavy atom. The van der Waals surface area contributed by atoms with E-state index in [9.17, 15) is 9.18 Å². The molecular formula is C16H23FN2O2. The Kier molecular flexibility index (Phi) is 5.17. The number of carbonyl (C=O) groups excluding carboxylic acids is 1. The van der Waals surface area contributed by atoms with E-state index in [1.165, 1.54) is 12.1 Å². The second-order valence-corrected chi connectivity index (χ2v) is 5.97. The van der Waals surface area contributed by atoms with Gasteiger partial charge in [0, 0.05) is 32.6 Å². The van der Waals surface area contributed by atoms with Gasteiger partial charge in [-0.15, -0.1) is 0 Å². The Morgan fingerprint density at radius 2 is 2.19 bits per heavy atom. The number of likely N-dealkylation sites (N-methyl/N-ethyl adjacent to an activating group) is 1. The number of halogens is 1. The van der Waals surface area contributed by atoms with Gasteiger partial charge in [-0.1, -0.05) is 13.8 Å². The first kappa shape index (κ1) is 15.8. The molecule has 1 aliphatic rings. The van der Waals surface area contributed by atoms with Crippen molar-refractivity contribution < 1.29 is 13.9 Å². The van der Waals surface area contributed by atoms with Crippen LogP contribution in [-0.4, -0.2) is 37.0 Å². The smallest absolute Gasteiger partial charge is 0.263 e. The number of nitrogens with zero attached hydrogens (tertiary/aromatic N) is 1. The number of carbonyl (C=O) groups is 1. The molecule has 1 atom stereocenters. The Bertz CT molecular complexity index is 505. The second kappa shape index (κ2) is 6.89. The van der Waals surface area contributed by atoms with Crippen LogP contribution in [0, 0.1) is 11.7 Å². The molecule has 0 aromatic heterocycles. The van der Waals surface area contributed by atoms with Crippen LogP contribution in [0.1, 0.15) is 25.8 Å². The molecule has 116 valence electrons. The van der Waals surface area contributed by atoms with Crippen LogP contribution in [0.4, 0.5) is 4.39 Å². The molecule has 0 bridgehead atoms. The Hall–Kier alpha value is -1.62. The van der Waals surface area contributed by atoms with Gasteiger partial charge in [0.1, 0.15) is 11.6 Å². The summed E-state index contributed by atoms with van der Waals surface area (Å²) < 4.78 is 19.3. The number of amides is 1. The van der Waals surface area contributed by atoms with Gasteiger partial charge in [-0.3, -0.25) is 4.79 Å². The van der Waals surface area contributed by atoms with Crippen molar-refractivity contribution in [3.8, 4) is 5.75 Å². The minimum absolute atomic E-state index is 0.0428. The topological polar surface area (TPSA) is 41.6 Å². The molecule has 1 aromatic carbocycles. The van der Waals surface area contributed by atoms with E-state index < -0.39 is 6.10 Å². The van der Waals surface area contributed by atoms with E-state index in [0.717, 1.165) is 12.1 Å². The van der Waals surface area contributed by atoms with E-state index in [2.05, 4.69) is 19.2 Å². The fourth-order valence-electron chi connectivity index (χ4n) is 2.36. The van der Waals surface area contributed by atoms with Gasteiger partial charge in [-0.05, 0) is 30.2 Å². The predicted molar refractivity (Wildman–Crippen MR) is 79.6 cm³/mol. The third-order valence-corrected chi connectivity index (χ3v) is 3.47. The van der Waals surface area contributed by atoms with E-state index in [4.69, 9.17) is 4.74 Å². The predicted octanol–water partition coefficient (Wildman–Crippen LogP) is 2.18. The summed E-state index contributed by atoms with van der Waals surface area (Å²) in [6.07, 6.45) is 0.153. The molecule has 1 aliphatic heterocycles. The normalized spacial score (nSPS) is 18.6. The van der Waals surface area contributed by atoms with Crippen LogP contribution in [0.2, 0.25) is 0 Å². The highest BCUT2D eigenvalue weighted by atomic mass is 19.1. The maximum absolute atomic E-state index is 13.7. The Balaban J connectivity index is 2.00. The lowest BCUT2D eigenvalue weighted by molar-refractivity contribution is -0.132. The number of hydrogen-bond donors (Lipinski definition) is 1. The maximum Gasteiger partial charge on any atom is 0.263 e. The molecule has 1 unspecified atom stereocenters.